The van der Waals surface area contributed by atoms with Crippen LogP contribution in [-0.2, 0) is 30.1 Å². The van der Waals surface area contributed by atoms with Crippen LogP contribution in [0.4, 0.5) is 0 Å². The minimum absolute atomic E-state index is 0.0365. The topological polar surface area (TPSA) is 129 Å². The highest BCUT2D eigenvalue weighted by Gasteiger charge is 2.72. The van der Waals surface area contributed by atoms with Gasteiger partial charge >= 0.3 is 5.97 Å². The summed E-state index contributed by atoms with van der Waals surface area (Å²) < 4.78 is 25.4. The molecule has 2 fully saturated rings. The van der Waals surface area contributed by atoms with Crippen molar-refractivity contribution in [3.8, 4) is 5.75 Å². The molecule has 7 atom stereocenters. The molecule has 272 valence electrons. The first-order chi connectivity index (χ1) is 23.3. The Morgan fingerprint density at radius 1 is 1.00 bits per heavy atom. The van der Waals surface area contributed by atoms with Gasteiger partial charge in [-0.3, -0.25) is 9.59 Å². The first kappa shape index (κ1) is 38.1. The Morgan fingerprint density at radius 3 is 2.22 bits per heavy atom. The number of ketones is 2. The molecule has 0 radical (unpaired) electrons. The Hall–Kier alpha value is -3.15. The highest BCUT2D eigenvalue weighted by atomic mass is 28.4. The quantitative estimate of drug-likeness (QED) is 0.172. The van der Waals surface area contributed by atoms with E-state index in [-0.39, 0.29) is 29.4 Å². The van der Waals surface area contributed by atoms with E-state index in [0.29, 0.717) is 24.2 Å². The number of hydrogen-bond acceptors (Lipinski definition) is 9. The summed E-state index contributed by atoms with van der Waals surface area (Å²) in [5.41, 5.74) is -3.53. The van der Waals surface area contributed by atoms with E-state index in [0.717, 1.165) is 5.56 Å². The number of rotatable bonds is 9. The number of Topliss-reactive ketones (excluding diaryl/α,β-unsaturated/α-hetero) is 2. The molecule has 0 aliphatic heterocycles. The summed E-state index contributed by atoms with van der Waals surface area (Å²) >= 11 is 0. The van der Waals surface area contributed by atoms with Crippen molar-refractivity contribution >= 4 is 25.9 Å². The van der Waals surface area contributed by atoms with Crippen LogP contribution in [-0.4, -0.2) is 73.7 Å². The van der Waals surface area contributed by atoms with Gasteiger partial charge in [-0.2, -0.15) is 0 Å². The van der Waals surface area contributed by atoms with Crippen molar-refractivity contribution in [3.63, 3.8) is 0 Å². The fourth-order valence-corrected chi connectivity index (χ4v) is 9.58. The van der Waals surface area contributed by atoms with Crippen molar-refractivity contribution in [1.29, 1.82) is 0 Å². The van der Waals surface area contributed by atoms with Crippen molar-refractivity contribution in [3.05, 3.63) is 77.4 Å². The van der Waals surface area contributed by atoms with Crippen LogP contribution in [0.25, 0.3) is 0 Å². The van der Waals surface area contributed by atoms with Gasteiger partial charge in [-0.05, 0) is 73.3 Å². The third-order valence-corrected chi connectivity index (χ3v) is 16.9. The van der Waals surface area contributed by atoms with Gasteiger partial charge < -0.3 is 28.8 Å². The molecule has 50 heavy (non-hydrogen) atoms. The molecule has 0 spiro atoms. The van der Waals surface area contributed by atoms with Gasteiger partial charge in [-0.15, -0.1) is 0 Å². The molecule has 2 bridgehead atoms. The molecule has 0 saturated heterocycles. The summed E-state index contributed by atoms with van der Waals surface area (Å²) in [6, 6.07) is 15.8. The standard InChI is InChI=1S/C40H54O9Si/c1-37(2,3)50(8,9)49-31-22-17-27(23-41)32-35(48-36(44)26-13-11-10-12-14-26)40(45)30(42)21-20-29(38(40,4)5)33(34(43)39(31,32)6)47-24-25-15-18-28(46-7)19-16-25/h10-19,29,31-33,35,41,45H,20-24H2,1-9H3/t29-,31+,32+,33-,35+,39-,40-/m1/s1. The number of benzene rings is 2. The minimum Gasteiger partial charge on any atom is -0.497 e. The van der Waals surface area contributed by atoms with E-state index in [1.807, 2.05) is 30.3 Å². The van der Waals surface area contributed by atoms with Crippen LogP contribution < -0.4 is 4.74 Å². The van der Waals surface area contributed by atoms with Crippen molar-refractivity contribution in [1.82, 2.24) is 0 Å². The summed E-state index contributed by atoms with van der Waals surface area (Å²) in [5, 5.41) is 23.8. The van der Waals surface area contributed by atoms with Gasteiger partial charge in [0.15, 0.2) is 25.5 Å². The molecule has 10 heteroatoms. The van der Waals surface area contributed by atoms with Gasteiger partial charge in [0, 0.05) is 23.7 Å². The Balaban J connectivity index is 1.73. The summed E-state index contributed by atoms with van der Waals surface area (Å²) in [6.45, 7) is 15.5. The maximum absolute atomic E-state index is 15.6. The smallest absolute Gasteiger partial charge is 0.338 e. The largest absolute Gasteiger partial charge is 0.497 e. The molecule has 2 saturated carbocycles. The molecule has 3 aliphatic carbocycles. The van der Waals surface area contributed by atoms with Gasteiger partial charge in [0.25, 0.3) is 0 Å². The second-order valence-electron chi connectivity index (χ2n) is 16.5. The predicted octanol–water partition coefficient (Wildman–Crippen LogP) is 6.46. The maximum atomic E-state index is 15.6. The summed E-state index contributed by atoms with van der Waals surface area (Å²) in [5.74, 6) is -2.49. The van der Waals surface area contributed by atoms with Gasteiger partial charge in [0.05, 0.1) is 37.4 Å². The lowest BCUT2D eigenvalue weighted by atomic mass is 9.46. The monoisotopic (exact) mass is 706 g/mol. The molecule has 2 aromatic carbocycles. The average Bonchev–Trinajstić information content (AvgIpc) is 3.07. The van der Waals surface area contributed by atoms with Crippen molar-refractivity contribution in [2.75, 3.05) is 13.7 Å². The lowest BCUT2D eigenvalue weighted by Gasteiger charge is -2.62. The fourth-order valence-electron chi connectivity index (χ4n) is 8.18. The summed E-state index contributed by atoms with van der Waals surface area (Å²) in [4.78, 5) is 43.9. The van der Waals surface area contributed by atoms with Gasteiger partial charge in [0.2, 0.25) is 0 Å². The normalized spacial score (nSPS) is 31.2. The van der Waals surface area contributed by atoms with Gasteiger partial charge in [-0.25, -0.2) is 4.79 Å². The first-order valence-corrected chi connectivity index (χ1v) is 20.5. The number of hydrogen-bond donors (Lipinski definition) is 2. The zero-order chi connectivity index (χ0) is 36.9. The summed E-state index contributed by atoms with van der Waals surface area (Å²) in [7, 11) is -0.946. The zero-order valence-electron chi connectivity index (χ0n) is 30.9. The van der Waals surface area contributed by atoms with E-state index in [1.165, 1.54) is 0 Å². The van der Waals surface area contributed by atoms with Crippen LogP contribution in [0.15, 0.2) is 66.2 Å². The Kier molecular flexibility index (Phi) is 10.5. The molecule has 0 amide bonds. The van der Waals surface area contributed by atoms with E-state index in [9.17, 15) is 19.8 Å². The third-order valence-electron chi connectivity index (χ3n) is 12.5. The molecule has 0 heterocycles. The molecule has 3 aliphatic rings. The number of methoxy groups -OCH3 is 1. The highest BCUT2D eigenvalue weighted by Crippen LogP contribution is 2.60. The van der Waals surface area contributed by atoms with Crippen molar-refractivity contribution in [2.45, 2.75) is 109 Å². The second kappa shape index (κ2) is 13.8. The predicted molar refractivity (Wildman–Crippen MR) is 192 cm³/mol. The van der Waals surface area contributed by atoms with E-state index in [2.05, 4.69) is 33.9 Å². The fraction of sp³-hybridized carbons (Fsp3) is 0.575. The number of carbonyl (C=O) groups excluding carboxylic acids is 3. The van der Waals surface area contributed by atoms with Crippen LogP contribution >= 0.6 is 0 Å². The van der Waals surface area contributed by atoms with Crippen LogP contribution in [0, 0.1) is 22.7 Å². The number of carbonyl (C=O) groups is 3. The molecular weight excluding hydrogens is 653 g/mol. The maximum Gasteiger partial charge on any atom is 0.338 e. The SMILES string of the molecule is COc1ccc(CO[C@H]2C(=O)[C@]3(C)[C@@H](O[Si](C)(C)C(C)(C)C)CC=C(CO)[C@H]3[C@H](OC(=O)c3ccccc3)[C@]3(O)C(=O)CC[C@H]2C3(C)C)cc1. The van der Waals surface area contributed by atoms with E-state index >= 15 is 4.79 Å². The van der Waals surface area contributed by atoms with Crippen LogP contribution in [0.1, 0.15) is 76.7 Å². The molecule has 9 nitrogen and oxygen atoms in total. The first-order valence-electron chi connectivity index (χ1n) is 17.6. The lowest BCUT2D eigenvalue weighted by Crippen LogP contribution is -2.75. The van der Waals surface area contributed by atoms with Gasteiger partial charge in [0.1, 0.15) is 18.0 Å². The molecule has 2 N–H and O–H groups in total. The van der Waals surface area contributed by atoms with Crippen LogP contribution in [0.3, 0.4) is 0 Å². The number of fused-ring (bicyclic) bond motifs is 3. The number of aliphatic hydroxyl groups excluding tert-OH is 1. The summed E-state index contributed by atoms with van der Waals surface area (Å²) in [6.07, 6.45) is -0.880. The average molecular weight is 707 g/mol. The number of ether oxygens (including phenoxy) is 3. The van der Waals surface area contributed by atoms with E-state index < -0.39 is 73.3 Å². The van der Waals surface area contributed by atoms with Crippen molar-refractivity contribution in [2.24, 2.45) is 22.7 Å². The number of aliphatic hydroxyl groups is 2. The van der Waals surface area contributed by atoms with E-state index in [1.54, 1.807) is 58.2 Å². The minimum atomic E-state index is -2.54. The molecular formula is C40H54O9Si. The third kappa shape index (κ3) is 6.32. The van der Waals surface area contributed by atoms with Crippen LogP contribution in [0.2, 0.25) is 18.1 Å². The van der Waals surface area contributed by atoms with Gasteiger partial charge in [-0.1, -0.05) is 71.0 Å². The zero-order valence-corrected chi connectivity index (χ0v) is 31.9. The highest BCUT2D eigenvalue weighted by molar-refractivity contribution is 6.74. The Labute approximate surface area is 297 Å². The lowest BCUT2D eigenvalue weighted by molar-refractivity contribution is -0.234. The second-order valence-corrected chi connectivity index (χ2v) is 21.2. The molecule has 2 aromatic rings. The van der Waals surface area contributed by atoms with Crippen molar-refractivity contribution < 1.29 is 43.2 Å². The number of esters is 1. The van der Waals surface area contributed by atoms with Crippen LogP contribution in [0.5, 0.6) is 5.75 Å². The Morgan fingerprint density at radius 2 is 1.64 bits per heavy atom. The molecule has 0 aromatic heterocycles. The Bertz CT molecular complexity index is 1610. The molecule has 5 rings (SSSR count). The molecule has 0 unspecified atom stereocenters. The van der Waals surface area contributed by atoms with E-state index in [4.69, 9.17) is 18.6 Å².